The SMILES string of the molecule is CC[C@@H](Oc1cccc(Cl)c1)C(=O)N[C@H](C)c1ccc(N2CCC[C@@H](C)C2)cc1. The minimum absolute atomic E-state index is 0.0890. The highest BCUT2D eigenvalue weighted by atomic mass is 35.5. The Morgan fingerprint density at radius 2 is 2.03 bits per heavy atom. The van der Waals surface area contributed by atoms with Crippen molar-refractivity contribution in [1.29, 1.82) is 0 Å². The molecule has 0 radical (unpaired) electrons. The summed E-state index contributed by atoms with van der Waals surface area (Å²) in [7, 11) is 0. The van der Waals surface area contributed by atoms with Crippen LogP contribution in [0.3, 0.4) is 0 Å². The first-order chi connectivity index (χ1) is 14.0. The fourth-order valence-corrected chi connectivity index (χ4v) is 3.99. The quantitative estimate of drug-likeness (QED) is 0.640. The van der Waals surface area contributed by atoms with Gasteiger partial charge in [-0.15, -0.1) is 0 Å². The molecule has 1 aliphatic rings. The van der Waals surface area contributed by atoms with E-state index in [0.29, 0.717) is 17.2 Å². The average molecular weight is 415 g/mol. The van der Waals surface area contributed by atoms with Crippen molar-refractivity contribution in [3.8, 4) is 5.75 Å². The molecule has 1 amide bonds. The molecule has 1 heterocycles. The minimum atomic E-state index is -0.551. The van der Waals surface area contributed by atoms with Gasteiger partial charge in [0, 0.05) is 23.8 Å². The number of nitrogens with zero attached hydrogens (tertiary/aromatic N) is 1. The second-order valence-electron chi connectivity index (χ2n) is 7.99. The van der Waals surface area contributed by atoms with Gasteiger partial charge in [0.15, 0.2) is 6.10 Å². The summed E-state index contributed by atoms with van der Waals surface area (Å²) < 4.78 is 5.85. The van der Waals surface area contributed by atoms with Gasteiger partial charge in [-0.25, -0.2) is 0 Å². The van der Waals surface area contributed by atoms with Crippen LogP contribution in [0.4, 0.5) is 5.69 Å². The Balaban J connectivity index is 1.59. The molecule has 156 valence electrons. The Bertz CT molecular complexity index is 809. The maximum absolute atomic E-state index is 12.7. The number of ether oxygens (including phenoxy) is 1. The number of benzene rings is 2. The smallest absolute Gasteiger partial charge is 0.261 e. The average Bonchev–Trinajstić information content (AvgIpc) is 2.72. The summed E-state index contributed by atoms with van der Waals surface area (Å²) >= 11 is 6.01. The highest BCUT2D eigenvalue weighted by molar-refractivity contribution is 6.30. The highest BCUT2D eigenvalue weighted by Crippen LogP contribution is 2.25. The number of rotatable bonds is 7. The van der Waals surface area contributed by atoms with Gasteiger partial charge in [0.25, 0.3) is 5.91 Å². The third kappa shape index (κ3) is 5.89. The summed E-state index contributed by atoms with van der Waals surface area (Å²) in [5.41, 5.74) is 2.35. The summed E-state index contributed by atoms with van der Waals surface area (Å²) in [4.78, 5) is 15.2. The van der Waals surface area contributed by atoms with Crippen LogP contribution in [0.2, 0.25) is 5.02 Å². The lowest BCUT2D eigenvalue weighted by atomic mass is 9.99. The van der Waals surface area contributed by atoms with E-state index in [4.69, 9.17) is 16.3 Å². The first kappa shape index (κ1) is 21.5. The van der Waals surface area contributed by atoms with Crippen molar-refractivity contribution in [1.82, 2.24) is 5.32 Å². The van der Waals surface area contributed by atoms with E-state index in [9.17, 15) is 4.79 Å². The minimum Gasteiger partial charge on any atom is -0.481 e. The zero-order valence-electron chi connectivity index (χ0n) is 17.5. The number of amides is 1. The van der Waals surface area contributed by atoms with Gasteiger partial charge in [0.2, 0.25) is 0 Å². The van der Waals surface area contributed by atoms with E-state index in [2.05, 4.69) is 41.4 Å². The van der Waals surface area contributed by atoms with Crippen LogP contribution in [-0.4, -0.2) is 25.1 Å². The van der Waals surface area contributed by atoms with Crippen LogP contribution in [0.25, 0.3) is 0 Å². The fraction of sp³-hybridized carbons (Fsp3) is 0.458. The number of hydrogen-bond acceptors (Lipinski definition) is 3. The summed E-state index contributed by atoms with van der Waals surface area (Å²) in [6, 6.07) is 15.6. The molecular formula is C24H31ClN2O2. The number of carbonyl (C=O) groups excluding carboxylic acids is 1. The number of halogens is 1. The van der Waals surface area contributed by atoms with Gasteiger partial charge < -0.3 is 15.0 Å². The van der Waals surface area contributed by atoms with E-state index in [0.717, 1.165) is 24.6 Å². The topological polar surface area (TPSA) is 41.6 Å². The predicted molar refractivity (Wildman–Crippen MR) is 120 cm³/mol. The number of nitrogens with one attached hydrogen (secondary N) is 1. The predicted octanol–water partition coefficient (Wildman–Crippen LogP) is 5.61. The van der Waals surface area contributed by atoms with E-state index < -0.39 is 6.10 Å². The van der Waals surface area contributed by atoms with Crippen molar-refractivity contribution >= 4 is 23.2 Å². The third-order valence-electron chi connectivity index (χ3n) is 5.51. The van der Waals surface area contributed by atoms with Gasteiger partial charge in [0.05, 0.1) is 6.04 Å². The van der Waals surface area contributed by atoms with Crippen molar-refractivity contribution in [3.63, 3.8) is 0 Å². The second-order valence-corrected chi connectivity index (χ2v) is 8.42. The van der Waals surface area contributed by atoms with Crippen LogP contribution >= 0.6 is 11.6 Å². The van der Waals surface area contributed by atoms with Crippen LogP contribution in [0.15, 0.2) is 48.5 Å². The molecule has 0 aliphatic carbocycles. The first-order valence-corrected chi connectivity index (χ1v) is 10.9. The molecule has 4 nitrogen and oxygen atoms in total. The third-order valence-corrected chi connectivity index (χ3v) is 5.75. The van der Waals surface area contributed by atoms with E-state index in [1.807, 2.05) is 26.0 Å². The van der Waals surface area contributed by atoms with Gasteiger partial charge in [-0.2, -0.15) is 0 Å². The van der Waals surface area contributed by atoms with E-state index in [1.54, 1.807) is 12.1 Å². The second kappa shape index (κ2) is 10.0. The van der Waals surface area contributed by atoms with Gasteiger partial charge >= 0.3 is 0 Å². The molecule has 0 spiro atoms. The van der Waals surface area contributed by atoms with Crippen LogP contribution in [0.5, 0.6) is 5.75 Å². The normalized spacial score (nSPS) is 18.8. The molecule has 0 unspecified atom stereocenters. The summed E-state index contributed by atoms with van der Waals surface area (Å²) in [5, 5.41) is 3.67. The van der Waals surface area contributed by atoms with Crippen molar-refractivity contribution in [2.24, 2.45) is 5.92 Å². The van der Waals surface area contributed by atoms with Crippen molar-refractivity contribution in [2.45, 2.75) is 52.2 Å². The highest BCUT2D eigenvalue weighted by Gasteiger charge is 2.21. The molecule has 1 fully saturated rings. The zero-order valence-corrected chi connectivity index (χ0v) is 18.3. The summed E-state index contributed by atoms with van der Waals surface area (Å²) in [6.45, 7) is 8.49. The van der Waals surface area contributed by atoms with Gasteiger partial charge in [0.1, 0.15) is 5.75 Å². The van der Waals surface area contributed by atoms with Crippen LogP contribution in [0.1, 0.15) is 51.6 Å². The number of hydrogen-bond donors (Lipinski definition) is 1. The molecule has 0 aromatic heterocycles. The standard InChI is InChI=1S/C24H31ClN2O2/c1-4-23(29-22-9-5-8-20(25)15-22)24(28)26-18(3)19-10-12-21(13-11-19)27-14-6-7-17(2)16-27/h5,8-13,15,17-18,23H,4,6-7,14,16H2,1-3H3,(H,26,28)/t17-,18-,23-/m1/s1. The number of anilines is 1. The van der Waals surface area contributed by atoms with Crippen LogP contribution in [0, 0.1) is 5.92 Å². The van der Waals surface area contributed by atoms with E-state index in [1.165, 1.54) is 18.5 Å². The Labute approximate surface area is 179 Å². The Morgan fingerprint density at radius 3 is 2.69 bits per heavy atom. The van der Waals surface area contributed by atoms with E-state index in [-0.39, 0.29) is 11.9 Å². The Hall–Kier alpha value is -2.20. The lowest BCUT2D eigenvalue weighted by molar-refractivity contribution is -0.128. The molecule has 0 bridgehead atoms. The van der Waals surface area contributed by atoms with Gasteiger partial charge in [-0.3, -0.25) is 4.79 Å². The molecule has 2 aromatic rings. The lowest BCUT2D eigenvalue weighted by Crippen LogP contribution is -2.39. The molecule has 2 aromatic carbocycles. The first-order valence-electron chi connectivity index (χ1n) is 10.5. The maximum atomic E-state index is 12.7. The number of carbonyl (C=O) groups is 1. The molecule has 3 rings (SSSR count). The lowest BCUT2D eigenvalue weighted by Gasteiger charge is -2.33. The summed E-state index contributed by atoms with van der Waals surface area (Å²) in [5.74, 6) is 1.23. The monoisotopic (exact) mass is 414 g/mol. The zero-order chi connectivity index (χ0) is 20.8. The van der Waals surface area contributed by atoms with E-state index >= 15 is 0 Å². The maximum Gasteiger partial charge on any atom is 0.261 e. The molecule has 5 heteroatoms. The van der Waals surface area contributed by atoms with Crippen molar-refractivity contribution < 1.29 is 9.53 Å². The molecule has 29 heavy (non-hydrogen) atoms. The molecule has 1 N–H and O–H groups in total. The van der Waals surface area contributed by atoms with Gasteiger partial charge in [-0.1, -0.05) is 43.6 Å². The van der Waals surface area contributed by atoms with Gasteiger partial charge in [-0.05, 0) is 68.0 Å². The van der Waals surface area contributed by atoms with Crippen molar-refractivity contribution in [3.05, 3.63) is 59.1 Å². The summed E-state index contributed by atoms with van der Waals surface area (Å²) in [6.07, 6.45) is 2.59. The molecule has 1 saturated heterocycles. The molecule has 1 aliphatic heterocycles. The number of piperidine rings is 1. The van der Waals surface area contributed by atoms with Crippen molar-refractivity contribution in [2.75, 3.05) is 18.0 Å². The molecule has 0 saturated carbocycles. The Morgan fingerprint density at radius 1 is 1.28 bits per heavy atom. The Kier molecular flexibility index (Phi) is 7.43. The van der Waals surface area contributed by atoms with Crippen LogP contribution in [-0.2, 0) is 4.79 Å². The molecule has 3 atom stereocenters. The fourth-order valence-electron chi connectivity index (χ4n) is 3.81. The van der Waals surface area contributed by atoms with Crippen LogP contribution < -0.4 is 15.0 Å². The largest absolute Gasteiger partial charge is 0.481 e. The molecular weight excluding hydrogens is 384 g/mol.